The molecule has 1 heterocycles. The van der Waals surface area contributed by atoms with E-state index < -0.39 is 0 Å². The third-order valence-corrected chi connectivity index (χ3v) is 9.60. The molecule has 2 nitrogen and oxygen atoms in total. The lowest BCUT2D eigenvalue weighted by atomic mass is 9.93. The lowest BCUT2D eigenvalue weighted by molar-refractivity contribution is 0.640. The molecule has 0 bridgehead atoms. The molecule has 0 aliphatic heterocycles. The van der Waals surface area contributed by atoms with Gasteiger partial charge in [0.2, 0.25) is 0 Å². The number of nitrogens with zero attached hydrogens (tertiary/aromatic N) is 1. The second-order valence-electron chi connectivity index (χ2n) is 12.7. The lowest BCUT2D eigenvalue weighted by Crippen LogP contribution is -2.17. The molecule has 230 valence electrons. The first-order valence-electron chi connectivity index (χ1n) is 17.1. The molecule has 1 aliphatic rings. The fourth-order valence-corrected chi connectivity index (χ4v) is 7.35. The van der Waals surface area contributed by atoms with Gasteiger partial charge in [0, 0.05) is 45.8 Å². The van der Waals surface area contributed by atoms with Crippen LogP contribution in [0.3, 0.4) is 0 Å². The van der Waals surface area contributed by atoms with Crippen LogP contribution in [0.25, 0.3) is 49.7 Å². The van der Waals surface area contributed by atoms with Crippen LogP contribution in [0.4, 0.5) is 5.69 Å². The summed E-state index contributed by atoms with van der Waals surface area (Å²) in [5.74, 6) is 0. The Morgan fingerprint density at radius 2 is 1.48 bits per heavy atom. The highest BCUT2D eigenvalue weighted by Gasteiger charge is 2.22. The molecular weight excluding hydrogens is 556 g/mol. The molecule has 1 aromatic heterocycles. The molecule has 0 radical (unpaired) electrons. The molecule has 1 N–H and O–H groups in total. The average molecular weight is 601 g/mol. The van der Waals surface area contributed by atoms with Crippen molar-refractivity contribution in [1.82, 2.24) is 4.57 Å². The Morgan fingerprint density at radius 1 is 0.761 bits per heavy atom. The maximum absolute atomic E-state index is 4.68. The van der Waals surface area contributed by atoms with Crippen molar-refractivity contribution in [2.75, 3.05) is 11.9 Å². The van der Waals surface area contributed by atoms with E-state index in [4.69, 9.17) is 0 Å². The molecule has 0 saturated heterocycles. The van der Waals surface area contributed by atoms with E-state index in [2.05, 4.69) is 146 Å². The quantitative estimate of drug-likeness (QED) is 0.146. The SMILES string of the molecule is C=C(/C=C1\CCC(/C=c2/c3cccc4cccc(c43)n2CCCC)=C1c1ccccc1)c1cccc2cccc(NCCCC)c12. The predicted octanol–water partition coefficient (Wildman–Crippen LogP) is 11.3. The Morgan fingerprint density at radius 3 is 2.26 bits per heavy atom. The third-order valence-electron chi connectivity index (χ3n) is 9.60. The van der Waals surface area contributed by atoms with Crippen LogP contribution in [-0.2, 0) is 6.54 Å². The number of benzene rings is 5. The number of hydrogen-bond donors (Lipinski definition) is 1. The number of aryl methyl sites for hydroxylation is 1. The van der Waals surface area contributed by atoms with Gasteiger partial charge in [0.25, 0.3) is 0 Å². The molecule has 2 heteroatoms. The summed E-state index contributed by atoms with van der Waals surface area (Å²) in [5.41, 5.74) is 10.2. The molecular formula is C44H44N2. The minimum Gasteiger partial charge on any atom is -0.385 e. The Balaban J connectivity index is 1.39. The molecule has 46 heavy (non-hydrogen) atoms. The number of nitrogens with one attached hydrogen (secondary N) is 1. The second-order valence-corrected chi connectivity index (χ2v) is 12.7. The zero-order valence-corrected chi connectivity index (χ0v) is 27.3. The van der Waals surface area contributed by atoms with E-state index >= 15 is 0 Å². The second kappa shape index (κ2) is 13.3. The van der Waals surface area contributed by atoms with Crippen LogP contribution in [0.2, 0.25) is 0 Å². The van der Waals surface area contributed by atoms with Crippen molar-refractivity contribution in [3.8, 4) is 0 Å². The zero-order chi connectivity index (χ0) is 31.5. The minimum absolute atomic E-state index is 0.975. The Bertz CT molecular complexity index is 2150. The Hall–Kier alpha value is -4.82. The maximum atomic E-state index is 4.68. The van der Waals surface area contributed by atoms with Crippen LogP contribution in [0.15, 0.2) is 127 Å². The van der Waals surface area contributed by atoms with Gasteiger partial charge in [-0.05, 0) is 88.1 Å². The van der Waals surface area contributed by atoms with Crippen LogP contribution in [0.1, 0.15) is 63.5 Å². The van der Waals surface area contributed by atoms with Gasteiger partial charge in [-0.15, -0.1) is 0 Å². The number of allylic oxidation sites excluding steroid dienone is 5. The van der Waals surface area contributed by atoms with Gasteiger partial charge in [-0.2, -0.15) is 0 Å². The average Bonchev–Trinajstić information content (AvgIpc) is 3.63. The summed E-state index contributed by atoms with van der Waals surface area (Å²) in [5, 5.41) is 11.6. The summed E-state index contributed by atoms with van der Waals surface area (Å²) >= 11 is 0. The standard InChI is InChI=1S/C44H44N2/c1-4-6-27-45-39-23-13-19-33-17-11-21-37(43(33)39)31(3)29-35-25-26-36(42(35)32-15-9-8-10-16-32)30-41-38-22-12-18-34-20-14-24-40(44(34)38)46(41)28-7-5-2/h8-24,29-30,45H,3-7,25-28H2,1-2H3/b35-29+,41-30-. The zero-order valence-electron chi connectivity index (χ0n) is 27.3. The molecule has 0 saturated carbocycles. The molecule has 0 atom stereocenters. The van der Waals surface area contributed by atoms with Crippen molar-refractivity contribution < 1.29 is 0 Å². The summed E-state index contributed by atoms with van der Waals surface area (Å²) in [6.07, 6.45) is 11.6. The monoisotopic (exact) mass is 600 g/mol. The number of aromatic nitrogens is 1. The highest BCUT2D eigenvalue weighted by molar-refractivity contribution is 6.10. The van der Waals surface area contributed by atoms with Crippen LogP contribution < -0.4 is 10.7 Å². The van der Waals surface area contributed by atoms with Gasteiger partial charge in [-0.3, -0.25) is 0 Å². The van der Waals surface area contributed by atoms with Crippen molar-refractivity contribution >= 4 is 55.4 Å². The third kappa shape index (κ3) is 5.58. The lowest BCUT2D eigenvalue weighted by Gasteiger charge is -2.15. The number of unbranched alkanes of at least 4 members (excludes halogenated alkanes) is 2. The number of rotatable bonds is 11. The Labute approximate surface area is 273 Å². The van der Waals surface area contributed by atoms with E-state index in [1.54, 1.807) is 0 Å². The van der Waals surface area contributed by atoms with Crippen LogP contribution in [0.5, 0.6) is 0 Å². The summed E-state index contributed by atoms with van der Waals surface area (Å²) < 4.78 is 2.57. The summed E-state index contributed by atoms with van der Waals surface area (Å²) in [7, 11) is 0. The molecule has 0 amide bonds. The fourth-order valence-electron chi connectivity index (χ4n) is 7.35. The van der Waals surface area contributed by atoms with E-state index in [1.165, 1.54) is 84.2 Å². The fraction of sp³-hybridized carbons (Fsp3) is 0.227. The van der Waals surface area contributed by atoms with Crippen LogP contribution in [0, 0.1) is 0 Å². The van der Waals surface area contributed by atoms with Gasteiger partial charge in [-0.1, -0.05) is 130 Å². The summed E-state index contributed by atoms with van der Waals surface area (Å²) in [6.45, 7) is 11.2. The molecule has 0 unspecified atom stereocenters. The van der Waals surface area contributed by atoms with Crippen LogP contribution in [-0.4, -0.2) is 11.1 Å². The first kappa shape index (κ1) is 29.9. The molecule has 5 aromatic carbocycles. The number of fused-ring (bicyclic) bond motifs is 1. The van der Waals surface area contributed by atoms with E-state index in [0.717, 1.165) is 44.3 Å². The van der Waals surface area contributed by atoms with E-state index in [-0.39, 0.29) is 0 Å². The minimum atomic E-state index is 0.975. The number of anilines is 1. The predicted molar refractivity (Wildman–Crippen MR) is 201 cm³/mol. The van der Waals surface area contributed by atoms with E-state index in [9.17, 15) is 0 Å². The molecule has 1 aliphatic carbocycles. The molecule has 6 aromatic rings. The van der Waals surface area contributed by atoms with Gasteiger partial charge < -0.3 is 9.88 Å². The van der Waals surface area contributed by atoms with Gasteiger partial charge in [0.1, 0.15) is 0 Å². The topological polar surface area (TPSA) is 17.0 Å². The number of hydrogen-bond acceptors (Lipinski definition) is 1. The molecule has 7 rings (SSSR count). The maximum Gasteiger partial charge on any atom is 0.0497 e. The Kier molecular flexibility index (Phi) is 8.62. The highest BCUT2D eigenvalue weighted by atomic mass is 15.0. The largest absolute Gasteiger partial charge is 0.385 e. The van der Waals surface area contributed by atoms with Crippen LogP contribution >= 0.6 is 0 Å². The summed E-state index contributed by atoms with van der Waals surface area (Å²) in [6, 6.07) is 37.7. The van der Waals surface area contributed by atoms with E-state index in [1.807, 2.05) is 0 Å². The van der Waals surface area contributed by atoms with Crippen molar-refractivity contribution in [1.29, 1.82) is 0 Å². The van der Waals surface area contributed by atoms with Crippen molar-refractivity contribution in [3.05, 3.63) is 143 Å². The van der Waals surface area contributed by atoms with Gasteiger partial charge in [-0.25, -0.2) is 0 Å². The smallest absolute Gasteiger partial charge is 0.0497 e. The van der Waals surface area contributed by atoms with Gasteiger partial charge in [0.05, 0.1) is 0 Å². The molecule has 0 spiro atoms. The van der Waals surface area contributed by atoms with Gasteiger partial charge >= 0.3 is 0 Å². The van der Waals surface area contributed by atoms with Crippen molar-refractivity contribution in [3.63, 3.8) is 0 Å². The van der Waals surface area contributed by atoms with E-state index in [0.29, 0.717) is 0 Å². The normalized spacial score (nSPS) is 14.8. The molecule has 0 fully saturated rings. The first-order chi connectivity index (χ1) is 22.7. The first-order valence-corrected chi connectivity index (χ1v) is 17.1. The highest BCUT2D eigenvalue weighted by Crippen LogP contribution is 2.42. The summed E-state index contributed by atoms with van der Waals surface area (Å²) in [4.78, 5) is 0. The van der Waals surface area contributed by atoms with Gasteiger partial charge in [0.15, 0.2) is 0 Å². The van der Waals surface area contributed by atoms with Crippen molar-refractivity contribution in [2.45, 2.75) is 58.9 Å². The van der Waals surface area contributed by atoms with Crippen molar-refractivity contribution in [2.24, 2.45) is 0 Å².